The van der Waals surface area contributed by atoms with Crippen LogP contribution >= 0.6 is 0 Å². The van der Waals surface area contributed by atoms with Crippen molar-refractivity contribution in [2.45, 2.75) is 13.5 Å². The summed E-state index contributed by atoms with van der Waals surface area (Å²) in [5.41, 5.74) is 8.18. The SMILES string of the molecule is COc1ccnc(COc2ccc(N)c(C)c2)c1OC. The Labute approximate surface area is 118 Å². The summed E-state index contributed by atoms with van der Waals surface area (Å²) in [6.45, 7) is 2.23. The average Bonchev–Trinajstić information content (AvgIpc) is 2.47. The van der Waals surface area contributed by atoms with Crippen LogP contribution in [-0.4, -0.2) is 19.2 Å². The van der Waals surface area contributed by atoms with E-state index in [1.54, 1.807) is 26.5 Å². The van der Waals surface area contributed by atoms with E-state index in [1.807, 2.05) is 25.1 Å². The van der Waals surface area contributed by atoms with Crippen LogP contribution in [0.15, 0.2) is 30.5 Å². The molecule has 0 spiro atoms. The smallest absolute Gasteiger partial charge is 0.185 e. The molecule has 0 bridgehead atoms. The lowest BCUT2D eigenvalue weighted by Crippen LogP contribution is -2.03. The maximum atomic E-state index is 5.78. The standard InChI is InChI=1S/C15H18N2O3/c1-10-8-11(4-5-12(10)16)20-9-13-15(19-3)14(18-2)6-7-17-13/h4-8H,9,16H2,1-3H3. The molecule has 2 aromatic rings. The van der Waals surface area contributed by atoms with Crippen LogP contribution in [0, 0.1) is 6.92 Å². The molecular formula is C15H18N2O3. The lowest BCUT2D eigenvalue weighted by Gasteiger charge is -2.13. The third-order valence-corrected chi connectivity index (χ3v) is 2.98. The Bertz CT molecular complexity index is 600. The summed E-state index contributed by atoms with van der Waals surface area (Å²) in [6.07, 6.45) is 1.66. The molecule has 1 aromatic heterocycles. The molecule has 0 unspecified atom stereocenters. The van der Waals surface area contributed by atoms with E-state index in [-0.39, 0.29) is 0 Å². The molecule has 0 aliphatic rings. The molecule has 2 rings (SSSR count). The van der Waals surface area contributed by atoms with Crippen molar-refractivity contribution in [1.82, 2.24) is 4.98 Å². The second kappa shape index (κ2) is 6.14. The van der Waals surface area contributed by atoms with Crippen LogP contribution in [0.2, 0.25) is 0 Å². The summed E-state index contributed by atoms with van der Waals surface area (Å²) in [6, 6.07) is 7.29. The number of nitrogen functional groups attached to an aromatic ring is 1. The van der Waals surface area contributed by atoms with Gasteiger partial charge in [0.1, 0.15) is 18.1 Å². The predicted octanol–water partition coefficient (Wildman–Crippen LogP) is 2.57. The Hall–Kier alpha value is -2.43. The highest BCUT2D eigenvalue weighted by molar-refractivity contribution is 5.49. The van der Waals surface area contributed by atoms with Gasteiger partial charge >= 0.3 is 0 Å². The third kappa shape index (κ3) is 2.93. The van der Waals surface area contributed by atoms with E-state index in [2.05, 4.69) is 4.98 Å². The molecule has 1 aromatic carbocycles. The van der Waals surface area contributed by atoms with Gasteiger partial charge in [-0.2, -0.15) is 0 Å². The van der Waals surface area contributed by atoms with Crippen molar-refractivity contribution >= 4 is 5.69 Å². The normalized spacial score (nSPS) is 10.2. The monoisotopic (exact) mass is 274 g/mol. The van der Waals surface area contributed by atoms with Gasteiger partial charge in [0.25, 0.3) is 0 Å². The molecular weight excluding hydrogens is 256 g/mol. The molecule has 0 saturated carbocycles. The third-order valence-electron chi connectivity index (χ3n) is 2.98. The number of pyridine rings is 1. The van der Waals surface area contributed by atoms with Gasteiger partial charge in [-0.25, -0.2) is 0 Å². The van der Waals surface area contributed by atoms with Crippen molar-refractivity contribution in [3.05, 3.63) is 41.7 Å². The molecule has 20 heavy (non-hydrogen) atoms. The summed E-state index contributed by atoms with van der Waals surface area (Å²) in [4.78, 5) is 4.26. The number of nitrogens with zero attached hydrogens (tertiary/aromatic N) is 1. The number of benzene rings is 1. The van der Waals surface area contributed by atoms with Crippen LogP contribution in [0.1, 0.15) is 11.3 Å². The molecule has 0 amide bonds. The fourth-order valence-corrected chi connectivity index (χ4v) is 1.84. The van der Waals surface area contributed by atoms with Gasteiger partial charge in [0.2, 0.25) is 0 Å². The van der Waals surface area contributed by atoms with Gasteiger partial charge < -0.3 is 19.9 Å². The maximum absolute atomic E-state index is 5.78. The van der Waals surface area contributed by atoms with Gasteiger partial charge in [0.05, 0.1) is 14.2 Å². The second-order valence-electron chi connectivity index (χ2n) is 4.30. The van der Waals surface area contributed by atoms with Gasteiger partial charge in [-0.1, -0.05) is 0 Å². The van der Waals surface area contributed by atoms with E-state index in [1.165, 1.54) is 0 Å². The van der Waals surface area contributed by atoms with E-state index >= 15 is 0 Å². The predicted molar refractivity (Wildman–Crippen MR) is 77.3 cm³/mol. The molecule has 1 heterocycles. The Morgan fingerprint density at radius 2 is 1.95 bits per heavy atom. The highest BCUT2D eigenvalue weighted by Gasteiger charge is 2.11. The van der Waals surface area contributed by atoms with E-state index in [0.29, 0.717) is 23.8 Å². The number of nitrogens with two attached hydrogens (primary N) is 1. The van der Waals surface area contributed by atoms with Crippen LogP contribution in [-0.2, 0) is 6.61 Å². The first-order chi connectivity index (χ1) is 9.65. The molecule has 0 atom stereocenters. The molecule has 0 radical (unpaired) electrons. The van der Waals surface area contributed by atoms with Crippen molar-refractivity contribution < 1.29 is 14.2 Å². The topological polar surface area (TPSA) is 66.6 Å². The molecule has 0 fully saturated rings. The molecule has 0 saturated heterocycles. The first-order valence-electron chi connectivity index (χ1n) is 6.20. The minimum absolute atomic E-state index is 0.295. The Balaban J connectivity index is 2.16. The van der Waals surface area contributed by atoms with Crippen molar-refractivity contribution in [3.8, 4) is 17.2 Å². The van der Waals surface area contributed by atoms with Gasteiger partial charge in [0, 0.05) is 18.0 Å². The van der Waals surface area contributed by atoms with Gasteiger partial charge in [-0.05, 0) is 30.7 Å². The minimum Gasteiger partial charge on any atom is -0.493 e. The minimum atomic E-state index is 0.295. The molecule has 0 aliphatic carbocycles. The molecule has 2 N–H and O–H groups in total. The van der Waals surface area contributed by atoms with Crippen molar-refractivity contribution in [1.29, 1.82) is 0 Å². The largest absolute Gasteiger partial charge is 0.493 e. The fourth-order valence-electron chi connectivity index (χ4n) is 1.84. The second-order valence-corrected chi connectivity index (χ2v) is 4.30. The van der Waals surface area contributed by atoms with Gasteiger partial charge in [-0.3, -0.25) is 4.98 Å². The van der Waals surface area contributed by atoms with E-state index < -0.39 is 0 Å². The summed E-state index contributed by atoms with van der Waals surface area (Å²) in [7, 11) is 3.17. The number of hydrogen-bond donors (Lipinski definition) is 1. The molecule has 0 aliphatic heterocycles. The number of rotatable bonds is 5. The first-order valence-corrected chi connectivity index (χ1v) is 6.20. The fraction of sp³-hybridized carbons (Fsp3) is 0.267. The van der Waals surface area contributed by atoms with Crippen LogP contribution < -0.4 is 19.9 Å². The summed E-state index contributed by atoms with van der Waals surface area (Å²) in [5, 5.41) is 0. The Kier molecular flexibility index (Phi) is 4.30. The molecule has 5 nitrogen and oxygen atoms in total. The Morgan fingerprint density at radius 1 is 1.15 bits per heavy atom. The van der Waals surface area contributed by atoms with Crippen LogP contribution in [0.4, 0.5) is 5.69 Å². The molecule has 5 heteroatoms. The zero-order valence-corrected chi connectivity index (χ0v) is 11.8. The van der Waals surface area contributed by atoms with Crippen LogP contribution in [0.25, 0.3) is 0 Å². The summed E-state index contributed by atoms with van der Waals surface area (Å²) < 4.78 is 16.3. The number of anilines is 1. The highest BCUT2D eigenvalue weighted by atomic mass is 16.5. The number of ether oxygens (including phenoxy) is 3. The van der Waals surface area contributed by atoms with Crippen LogP contribution in [0.5, 0.6) is 17.2 Å². The van der Waals surface area contributed by atoms with Gasteiger partial charge in [0.15, 0.2) is 11.5 Å². The van der Waals surface area contributed by atoms with Crippen molar-refractivity contribution in [2.24, 2.45) is 0 Å². The van der Waals surface area contributed by atoms with E-state index in [9.17, 15) is 0 Å². The zero-order valence-electron chi connectivity index (χ0n) is 11.8. The quantitative estimate of drug-likeness (QED) is 0.849. The van der Waals surface area contributed by atoms with E-state index in [0.717, 1.165) is 17.0 Å². The summed E-state index contributed by atoms with van der Waals surface area (Å²) in [5.74, 6) is 1.96. The highest BCUT2D eigenvalue weighted by Crippen LogP contribution is 2.30. The maximum Gasteiger partial charge on any atom is 0.185 e. The van der Waals surface area contributed by atoms with Crippen molar-refractivity contribution in [3.63, 3.8) is 0 Å². The number of hydrogen-bond acceptors (Lipinski definition) is 5. The Morgan fingerprint density at radius 3 is 2.60 bits per heavy atom. The lowest BCUT2D eigenvalue weighted by molar-refractivity contribution is 0.284. The van der Waals surface area contributed by atoms with Crippen molar-refractivity contribution in [2.75, 3.05) is 20.0 Å². The first kappa shape index (κ1) is 14.0. The average molecular weight is 274 g/mol. The summed E-state index contributed by atoms with van der Waals surface area (Å²) >= 11 is 0. The van der Waals surface area contributed by atoms with Gasteiger partial charge in [-0.15, -0.1) is 0 Å². The van der Waals surface area contributed by atoms with Crippen LogP contribution in [0.3, 0.4) is 0 Å². The zero-order chi connectivity index (χ0) is 14.5. The lowest BCUT2D eigenvalue weighted by atomic mass is 10.2. The number of aromatic nitrogens is 1. The molecule has 106 valence electrons. The number of methoxy groups -OCH3 is 2. The van der Waals surface area contributed by atoms with E-state index in [4.69, 9.17) is 19.9 Å². The number of aryl methyl sites for hydroxylation is 1.